The molecule has 3 amide bonds. The monoisotopic (exact) mass is 503 g/mol. The molecule has 196 valence electrons. The molecule has 2 aromatic carbocycles. The van der Waals surface area contributed by atoms with E-state index in [2.05, 4.69) is 29.6 Å². The molecule has 0 spiro atoms. The molecule has 2 N–H and O–H groups in total. The van der Waals surface area contributed by atoms with Crippen molar-refractivity contribution in [3.8, 4) is 0 Å². The van der Waals surface area contributed by atoms with Gasteiger partial charge in [-0.25, -0.2) is 0 Å². The molecule has 2 aliphatic heterocycles. The molecule has 7 nitrogen and oxygen atoms in total. The zero-order valence-electron chi connectivity index (χ0n) is 21.7. The fraction of sp³-hybridized carbons (Fsp3) is 0.500. The van der Waals surface area contributed by atoms with E-state index in [1.165, 1.54) is 36.1 Å². The maximum Gasteiger partial charge on any atom is 0.255 e. The van der Waals surface area contributed by atoms with E-state index in [-0.39, 0.29) is 36.6 Å². The summed E-state index contributed by atoms with van der Waals surface area (Å²) in [7, 11) is 0. The molecule has 1 aliphatic carbocycles. The number of benzene rings is 2. The molecule has 5 rings (SSSR count). The van der Waals surface area contributed by atoms with Gasteiger partial charge in [-0.3, -0.25) is 14.4 Å². The molecule has 1 saturated heterocycles. The molecule has 0 radical (unpaired) electrons. The van der Waals surface area contributed by atoms with E-state index in [4.69, 9.17) is 0 Å². The maximum atomic E-state index is 13.8. The van der Waals surface area contributed by atoms with Crippen LogP contribution in [0.25, 0.3) is 0 Å². The first kappa shape index (κ1) is 25.5. The second-order valence-corrected chi connectivity index (χ2v) is 11.1. The Balaban J connectivity index is 1.26. The molecule has 2 aromatic rings. The predicted molar refractivity (Wildman–Crippen MR) is 141 cm³/mol. The van der Waals surface area contributed by atoms with Gasteiger partial charge in [-0.15, -0.1) is 0 Å². The van der Waals surface area contributed by atoms with Gasteiger partial charge >= 0.3 is 0 Å². The van der Waals surface area contributed by atoms with E-state index in [0.29, 0.717) is 24.6 Å². The van der Waals surface area contributed by atoms with Gasteiger partial charge in [0.15, 0.2) is 0 Å². The third kappa shape index (κ3) is 5.14. The van der Waals surface area contributed by atoms with Gasteiger partial charge in [0.25, 0.3) is 5.91 Å². The molecule has 0 bridgehead atoms. The SMILES string of the molecule is CC(C)C(C(=O)N1C[C@H](O)C[C@H]1C(=O)NCc1ccc(C2CCCC2)cc1)N1Cc2ccccc2C1=O. The summed E-state index contributed by atoms with van der Waals surface area (Å²) >= 11 is 0. The summed E-state index contributed by atoms with van der Waals surface area (Å²) < 4.78 is 0. The van der Waals surface area contributed by atoms with Crippen LogP contribution in [-0.2, 0) is 22.7 Å². The molecule has 7 heteroatoms. The van der Waals surface area contributed by atoms with Crippen LogP contribution in [0.1, 0.15) is 78.9 Å². The number of amides is 3. The number of nitrogens with one attached hydrogen (secondary N) is 1. The summed E-state index contributed by atoms with van der Waals surface area (Å²) in [6.45, 7) is 4.65. The van der Waals surface area contributed by atoms with Gasteiger partial charge in [0.2, 0.25) is 11.8 Å². The van der Waals surface area contributed by atoms with Crippen molar-refractivity contribution in [3.05, 3.63) is 70.8 Å². The maximum absolute atomic E-state index is 13.8. The Hall–Kier alpha value is -3.19. The fourth-order valence-electron chi connectivity index (χ4n) is 6.23. The first-order valence-corrected chi connectivity index (χ1v) is 13.6. The molecule has 0 aromatic heterocycles. The molecule has 1 unspecified atom stereocenters. The number of hydrogen-bond acceptors (Lipinski definition) is 4. The molecule has 1 saturated carbocycles. The molecule has 37 heavy (non-hydrogen) atoms. The van der Waals surface area contributed by atoms with Gasteiger partial charge in [0.05, 0.1) is 6.10 Å². The summed E-state index contributed by atoms with van der Waals surface area (Å²) in [5, 5.41) is 13.4. The van der Waals surface area contributed by atoms with Crippen LogP contribution in [0.3, 0.4) is 0 Å². The third-order valence-electron chi connectivity index (χ3n) is 8.21. The minimum Gasteiger partial charge on any atom is -0.391 e. The van der Waals surface area contributed by atoms with Gasteiger partial charge < -0.3 is 20.2 Å². The number of likely N-dealkylation sites (tertiary alicyclic amines) is 1. The van der Waals surface area contributed by atoms with Crippen LogP contribution in [0.4, 0.5) is 0 Å². The first-order chi connectivity index (χ1) is 17.8. The largest absolute Gasteiger partial charge is 0.391 e. The van der Waals surface area contributed by atoms with Crippen molar-refractivity contribution in [2.45, 2.75) is 83.1 Å². The molecule has 2 fully saturated rings. The zero-order valence-corrected chi connectivity index (χ0v) is 21.7. The van der Waals surface area contributed by atoms with E-state index >= 15 is 0 Å². The number of fused-ring (bicyclic) bond motifs is 1. The van der Waals surface area contributed by atoms with E-state index < -0.39 is 18.2 Å². The van der Waals surface area contributed by atoms with E-state index in [1.54, 1.807) is 11.0 Å². The smallest absolute Gasteiger partial charge is 0.255 e. The summed E-state index contributed by atoms with van der Waals surface area (Å²) in [5.41, 5.74) is 3.89. The summed E-state index contributed by atoms with van der Waals surface area (Å²) in [5.74, 6) is -0.223. The highest BCUT2D eigenvalue weighted by atomic mass is 16.3. The summed E-state index contributed by atoms with van der Waals surface area (Å²) in [4.78, 5) is 43.3. The Morgan fingerprint density at radius 3 is 2.43 bits per heavy atom. The van der Waals surface area contributed by atoms with Crippen LogP contribution < -0.4 is 5.32 Å². The Bertz CT molecular complexity index is 1160. The van der Waals surface area contributed by atoms with Crippen molar-refractivity contribution in [3.63, 3.8) is 0 Å². The van der Waals surface area contributed by atoms with Crippen molar-refractivity contribution in [2.75, 3.05) is 6.54 Å². The number of nitrogens with zero attached hydrogens (tertiary/aromatic N) is 2. The van der Waals surface area contributed by atoms with E-state index in [0.717, 1.165) is 11.1 Å². The van der Waals surface area contributed by atoms with Crippen LogP contribution in [0, 0.1) is 5.92 Å². The number of rotatable bonds is 7. The third-order valence-corrected chi connectivity index (χ3v) is 8.21. The molecular formula is C30H37N3O4. The van der Waals surface area contributed by atoms with Gasteiger partial charge in [-0.2, -0.15) is 0 Å². The normalized spacial score (nSPS) is 22.5. The second kappa shape index (κ2) is 10.7. The molecule has 2 heterocycles. The number of β-amino-alcohol motifs (C(OH)–C–C–N with tert-alkyl or cyclic N) is 1. The lowest BCUT2D eigenvalue weighted by Crippen LogP contribution is -2.55. The summed E-state index contributed by atoms with van der Waals surface area (Å²) in [6, 6.07) is 14.4. The van der Waals surface area contributed by atoms with Gasteiger partial charge in [0.1, 0.15) is 12.1 Å². The Kier molecular flexibility index (Phi) is 7.33. The standard InChI is InChI=1S/C30H37N3O4/c1-19(2)27(33-17-23-9-5-6-10-25(23)29(33)36)30(37)32-18-24(34)15-26(32)28(35)31-16-20-11-13-22(14-12-20)21-7-3-4-8-21/h5-6,9-14,19,21,24,26-27,34H,3-4,7-8,15-18H2,1-2H3,(H,31,35)/t24-,26+,27?/m1/s1. The highest BCUT2D eigenvalue weighted by molar-refractivity contribution is 6.01. The van der Waals surface area contributed by atoms with Crippen molar-refractivity contribution < 1.29 is 19.5 Å². The fourth-order valence-corrected chi connectivity index (χ4v) is 6.23. The molecule has 3 atom stereocenters. The highest BCUT2D eigenvalue weighted by Crippen LogP contribution is 2.34. The lowest BCUT2D eigenvalue weighted by Gasteiger charge is -2.35. The Morgan fingerprint density at radius 1 is 1.05 bits per heavy atom. The lowest BCUT2D eigenvalue weighted by molar-refractivity contribution is -0.143. The number of carbonyl (C=O) groups excluding carboxylic acids is 3. The number of aliphatic hydroxyl groups is 1. The van der Waals surface area contributed by atoms with Gasteiger partial charge in [0, 0.05) is 31.6 Å². The quantitative estimate of drug-likeness (QED) is 0.604. The predicted octanol–water partition coefficient (Wildman–Crippen LogP) is 3.60. The van der Waals surface area contributed by atoms with Crippen molar-refractivity contribution in [1.82, 2.24) is 15.1 Å². The second-order valence-electron chi connectivity index (χ2n) is 11.1. The lowest BCUT2D eigenvalue weighted by atomic mass is 9.97. The average Bonchev–Trinajstić information content (AvgIpc) is 3.63. The average molecular weight is 504 g/mol. The zero-order chi connectivity index (χ0) is 26.1. The number of aliphatic hydroxyl groups excluding tert-OH is 1. The van der Waals surface area contributed by atoms with Crippen LogP contribution in [0.5, 0.6) is 0 Å². The van der Waals surface area contributed by atoms with Crippen molar-refractivity contribution >= 4 is 17.7 Å². The van der Waals surface area contributed by atoms with Crippen LogP contribution >= 0.6 is 0 Å². The number of hydrogen-bond donors (Lipinski definition) is 2. The number of carbonyl (C=O) groups is 3. The first-order valence-electron chi connectivity index (χ1n) is 13.6. The Morgan fingerprint density at radius 2 is 1.76 bits per heavy atom. The molecule has 3 aliphatic rings. The van der Waals surface area contributed by atoms with E-state index in [9.17, 15) is 19.5 Å². The highest BCUT2D eigenvalue weighted by Gasteiger charge is 2.45. The van der Waals surface area contributed by atoms with E-state index in [1.807, 2.05) is 32.0 Å². The minimum atomic E-state index is -0.773. The summed E-state index contributed by atoms with van der Waals surface area (Å²) in [6.07, 6.45) is 4.50. The van der Waals surface area contributed by atoms with Crippen LogP contribution in [-0.4, -0.2) is 57.4 Å². The van der Waals surface area contributed by atoms with Gasteiger partial charge in [-0.1, -0.05) is 69.2 Å². The minimum absolute atomic E-state index is 0.0885. The molecular weight excluding hydrogens is 466 g/mol. The Labute approximate surface area is 218 Å². The van der Waals surface area contributed by atoms with Crippen LogP contribution in [0.2, 0.25) is 0 Å². The van der Waals surface area contributed by atoms with Crippen LogP contribution in [0.15, 0.2) is 48.5 Å². The van der Waals surface area contributed by atoms with Crippen molar-refractivity contribution in [2.24, 2.45) is 5.92 Å². The van der Waals surface area contributed by atoms with Crippen molar-refractivity contribution in [1.29, 1.82) is 0 Å². The van der Waals surface area contributed by atoms with Gasteiger partial charge in [-0.05, 0) is 47.4 Å². The topological polar surface area (TPSA) is 89.9 Å².